The van der Waals surface area contributed by atoms with Gasteiger partial charge in [-0.3, -0.25) is 0 Å². The molecule has 0 unspecified atom stereocenters. The molecule has 11 heavy (non-hydrogen) atoms. The van der Waals surface area contributed by atoms with Gasteiger partial charge >= 0.3 is 18.9 Å². The van der Waals surface area contributed by atoms with E-state index in [9.17, 15) is 0 Å². The molecule has 0 radical (unpaired) electrons. The molecule has 0 fully saturated rings. The van der Waals surface area contributed by atoms with E-state index in [2.05, 4.69) is 29.6 Å². The van der Waals surface area contributed by atoms with Crippen LogP contribution in [0.1, 0.15) is 5.56 Å². The van der Waals surface area contributed by atoms with Gasteiger partial charge in [-0.25, -0.2) is 0 Å². The molecule has 0 spiro atoms. The second kappa shape index (κ2) is 6.49. The summed E-state index contributed by atoms with van der Waals surface area (Å²) in [5.74, 6) is 0. The molecule has 1 aromatic carbocycles. The number of rotatable bonds is 3. The monoisotopic (exact) mass is 143 g/mol. The first-order valence-electron chi connectivity index (χ1n) is 3.62. The molecule has 1 N–H and O–H groups in total. The second-order valence-corrected chi connectivity index (χ2v) is 2.34. The van der Waals surface area contributed by atoms with Crippen LogP contribution < -0.4 is 5.32 Å². The number of likely N-dealkylation sites (N-methyl/N-ethyl adjacent to an activating group) is 1. The van der Waals surface area contributed by atoms with E-state index in [4.69, 9.17) is 0 Å². The number of hydrogen-bond donors (Lipinski definition) is 1. The summed E-state index contributed by atoms with van der Waals surface area (Å²) >= 11 is 0. The van der Waals surface area contributed by atoms with Crippen molar-refractivity contribution in [3.8, 4) is 0 Å². The van der Waals surface area contributed by atoms with Crippen LogP contribution in [0, 0.1) is 0 Å². The van der Waals surface area contributed by atoms with Crippen LogP contribution in [0.2, 0.25) is 0 Å². The molecule has 0 aliphatic heterocycles. The fraction of sp³-hybridized carbons (Fsp3) is 0.333. The van der Waals surface area contributed by atoms with Crippen LogP contribution in [-0.4, -0.2) is 32.5 Å². The Morgan fingerprint density at radius 1 is 1.18 bits per heavy atom. The summed E-state index contributed by atoms with van der Waals surface area (Å²) in [6.45, 7) is 1.06. The maximum absolute atomic E-state index is 3.12. The fourth-order valence-corrected chi connectivity index (χ4v) is 0.914. The van der Waals surface area contributed by atoms with Crippen molar-refractivity contribution in [2.45, 2.75) is 6.42 Å². The van der Waals surface area contributed by atoms with Gasteiger partial charge in [-0.1, -0.05) is 30.3 Å². The van der Waals surface area contributed by atoms with E-state index >= 15 is 0 Å². The van der Waals surface area contributed by atoms with Gasteiger partial charge in [0.2, 0.25) is 0 Å². The summed E-state index contributed by atoms with van der Waals surface area (Å²) in [7, 11) is 1.98. The van der Waals surface area contributed by atoms with Gasteiger partial charge in [-0.2, -0.15) is 0 Å². The topological polar surface area (TPSA) is 12.0 Å². The molecule has 1 nitrogen and oxygen atoms in total. The van der Waals surface area contributed by atoms with E-state index in [0.717, 1.165) is 13.0 Å². The molecule has 0 aliphatic carbocycles. The van der Waals surface area contributed by atoms with Crippen LogP contribution in [0.5, 0.6) is 0 Å². The van der Waals surface area contributed by atoms with Crippen LogP contribution in [0.25, 0.3) is 0 Å². The predicted molar refractivity (Wildman–Crippen MR) is 51.2 cm³/mol. The van der Waals surface area contributed by atoms with E-state index < -0.39 is 0 Å². The minimum absolute atomic E-state index is 0. The Labute approximate surface area is 80.4 Å². The van der Waals surface area contributed by atoms with Crippen molar-refractivity contribution < 1.29 is 0 Å². The fourth-order valence-electron chi connectivity index (χ4n) is 0.914. The van der Waals surface area contributed by atoms with Crippen molar-refractivity contribution in [2.24, 2.45) is 0 Å². The summed E-state index contributed by atoms with van der Waals surface area (Å²) < 4.78 is 0. The van der Waals surface area contributed by atoms with Crippen LogP contribution >= 0.6 is 0 Å². The van der Waals surface area contributed by atoms with E-state index in [1.165, 1.54) is 5.56 Å². The third-order valence-electron chi connectivity index (χ3n) is 1.51. The van der Waals surface area contributed by atoms with Crippen molar-refractivity contribution in [2.75, 3.05) is 13.6 Å². The molecule has 1 aromatic rings. The van der Waals surface area contributed by atoms with Crippen molar-refractivity contribution >= 4 is 18.9 Å². The molecular weight excluding hydrogens is 129 g/mol. The minimum atomic E-state index is 0. The molecule has 0 aliphatic rings. The zero-order valence-electron chi connectivity index (χ0n) is 6.30. The molecule has 0 heterocycles. The average Bonchev–Trinajstić information content (AvgIpc) is 2.03. The van der Waals surface area contributed by atoms with Gasteiger partial charge in [0.15, 0.2) is 0 Å². The van der Waals surface area contributed by atoms with Crippen molar-refractivity contribution in [3.05, 3.63) is 35.9 Å². The molecule has 56 valence electrons. The first-order valence-corrected chi connectivity index (χ1v) is 3.62. The van der Waals surface area contributed by atoms with Crippen molar-refractivity contribution in [1.29, 1.82) is 0 Å². The molecule has 0 amide bonds. The van der Waals surface area contributed by atoms with E-state index in [1.54, 1.807) is 0 Å². The molecule has 0 bridgehead atoms. The van der Waals surface area contributed by atoms with E-state index in [-0.39, 0.29) is 18.9 Å². The van der Waals surface area contributed by atoms with Crippen LogP contribution in [-0.2, 0) is 6.42 Å². The van der Waals surface area contributed by atoms with Crippen LogP contribution in [0.3, 0.4) is 0 Å². The second-order valence-electron chi connectivity index (χ2n) is 2.34. The normalized spacial score (nSPS) is 8.82. The number of nitrogens with one attached hydrogen (secondary N) is 1. The Balaban J connectivity index is 0.000001000. The van der Waals surface area contributed by atoms with Gasteiger partial charge < -0.3 is 5.32 Å². The summed E-state index contributed by atoms with van der Waals surface area (Å²) in [6, 6.07) is 10.5. The maximum atomic E-state index is 3.12. The van der Waals surface area contributed by atoms with Crippen molar-refractivity contribution in [3.63, 3.8) is 0 Å². The molecule has 0 saturated carbocycles. The number of benzene rings is 1. The molecular formula is C9H14LiN. The first kappa shape index (κ1) is 10.8. The van der Waals surface area contributed by atoms with Gasteiger partial charge in [-0.15, -0.1) is 0 Å². The standard InChI is InChI=1S/C9H13N.Li.H/c1-10-8-7-9-5-3-2-4-6-9;;/h2-6,10H,7-8H2,1H3;;. The Bertz CT molecular complexity index is 174. The molecule has 0 saturated heterocycles. The average molecular weight is 143 g/mol. The Kier molecular flexibility index (Phi) is 6.35. The summed E-state index contributed by atoms with van der Waals surface area (Å²) in [5, 5.41) is 3.12. The Morgan fingerprint density at radius 3 is 2.36 bits per heavy atom. The predicted octanol–water partition coefficient (Wildman–Crippen LogP) is 0.800. The van der Waals surface area contributed by atoms with E-state index in [1.807, 2.05) is 13.1 Å². The van der Waals surface area contributed by atoms with Gasteiger partial charge in [0, 0.05) is 0 Å². The quantitative estimate of drug-likeness (QED) is 0.617. The third-order valence-corrected chi connectivity index (χ3v) is 1.51. The van der Waals surface area contributed by atoms with E-state index in [0.29, 0.717) is 0 Å². The van der Waals surface area contributed by atoms with Gasteiger partial charge in [0.25, 0.3) is 0 Å². The molecule has 0 aromatic heterocycles. The summed E-state index contributed by atoms with van der Waals surface area (Å²) in [6.07, 6.45) is 1.12. The van der Waals surface area contributed by atoms with Gasteiger partial charge in [0.05, 0.1) is 0 Å². The Hall–Kier alpha value is -0.223. The van der Waals surface area contributed by atoms with Crippen LogP contribution in [0.4, 0.5) is 0 Å². The summed E-state index contributed by atoms with van der Waals surface area (Å²) in [4.78, 5) is 0. The van der Waals surface area contributed by atoms with Crippen molar-refractivity contribution in [1.82, 2.24) is 5.32 Å². The molecule has 2 heteroatoms. The summed E-state index contributed by atoms with van der Waals surface area (Å²) in [5.41, 5.74) is 1.40. The molecule has 1 rings (SSSR count). The first-order chi connectivity index (χ1) is 4.93. The van der Waals surface area contributed by atoms with Gasteiger partial charge in [0.1, 0.15) is 0 Å². The zero-order valence-corrected chi connectivity index (χ0v) is 6.30. The number of hydrogen-bond acceptors (Lipinski definition) is 1. The Morgan fingerprint density at radius 2 is 1.82 bits per heavy atom. The van der Waals surface area contributed by atoms with Gasteiger partial charge in [-0.05, 0) is 25.6 Å². The van der Waals surface area contributed by atoms with Crippen LogP contribution in [0.15, 0.2) is 30.3 Å². The zero-order chi connectivity index (χ0) is 7.23. The third kappa shape index (κ3) is 4.26. The molecule has 0 atom stereocenters. The SMILES string of the molecule is CNCCc1ccccc1.[LiH].